The summed E-state index contributed by atoms with van der Waals surface area (Å²) in [5, 5.41) is 0. The van der Waals surface area contributed by atoms with Crippen molar-refractivity contribution in [1.82, 2.24) is 15.0 Å². The first-order valence-electron chi connectivity index (χ1n) is 5.17. The number of rotatable bonds is 3. The maximum atomic E-state index is 5.69. The smallest absolute Gasteiger partial charge is 0.229 e. The van der Waals surface area contributed by atoms with Crippen LogP contribution >= 0.6 is 0 Å². The fraction of sp³-hybridized carbons (Fsp3) is 0.250. The van der Waals surface area contributed by atoms with E-state index < -0.39 is 0 Å². The first-order valence-corrected chi connectivity index (χ1v) is 5.17. The summed E-state index contributed by atoms with van der Waals surface area (Å²) in [7, 11) is 1.56. The highest BCUT2D eigenvalue weighted by molar-refractivity contribution is 5.37. The molecule has 0 amide bonds. The van der Waals surface area contributed by atoms with Crippen LogP contribution in [0.2, 0.25) is 0 Å². The molecule has 17 heavy (non-hydrogen) atoms. The van der Waals surface area contributed by atoms with Crippen molar-refractivity contribution in [2.24, 2.45) is 0 Å². The van der Waals surface area contributed by atoms with Crippen molar-refractivity contribution in [3.8, 4) is 17.5 Å². The second kappa shape index (κ2) is 4.78. The van der Waals surface area contributed by atoms with E-state index in [-0.39, 0.29) is 0 Å². The monoisotopic (exact) mass is 231 g/mol. The first-order chi connectivity index (χ1) is 8.22. The van der Waals surface area contributed by atoms with E-state index in [2.05, 4.69) is 15.0 Å². The average molecular weight is 231 g/mol. The van der Waals surface area contributed by atoms with Crippen LogP contribution in [0.15, 0.2) is 24.7 Å². The number of aromatic nitrogens is 3. The lowest BCUT2D eigenvalue weighted by Gasteiger charge is -2.10. The molecule has 0 aliphatic carbocycles. The summed E-state index contributed by atoms with van der Waals surface area (Å²) in [4.78, 5) is 12.2. The molecule has 2 rings (SSSR count). The van der Waals surface area contributed by atoms with Crippen LogP contribution < -0.4 is 9.47 Å². The minimum Gasteiger partial charge on any atom is -0.481 e. The first kappa shape index (κ1) is 11.3. The van der Waals surface area contributed by atoms with Gasteiger partial charge in [-0.2, -0.15) is 0 Å². The maximum Gasteiger partial charge on any atom is 0.229 e. The third kappa shape index (κ3) is 2.33. The fourth-order valence-corrected chi connectivity index (χ4v) is 1.41. The number of ether oxygens (including phenoxy) is 2. The van der Waals surface area contributed by atoms with Gasteiger partial charge in [-0.3, -0.25) is 4.98 Å². The zero-order valence-corrected chi connectivity index (χ0v) is 9.97. The molecule has 0 aliphatic heterocycles. The number of pyridine rings is 1. The number of nitrogens with zero attached hydrogens (tertiary/aromatic N) is 3. The van der Waals surface area contributed by atoms with E-state index in [1.54, 1.807) is 13.3 Å². The van der Waals surface area contributed by atoms with Crippen LogP contribution in [-0.4, -0.2) is 22.1 Å². The summed E-state index contributed by atoms with van der Waals surface area (Å²) in [6.45, 7) is 3.73. The quantitative estimate of drug-likeness (QED) is 0.811. The fourth-order valence-electron chi connectivity index (χ4n) is 1.41. The summed E-state index contributed by atoms with van der Waals surface area (Å²) in [6, 6.07) is 3.66. The molecule has 0 radical (unpaired) electrons. The van der Waals surface area contributed by atoms with Crippen LogP contribution in [0.4, 0.5) is 0 Å². The molecule has 88 valence electrons. The number of hydrogen-bond acceptors (Lipinski definition) is 5. The van der Waals surface area contributed by atoms with Gasteiger partial charge in [0.15, 0.2) is 5.75 Å². The Kier molecular flexibility index (Phi) is 3.18. The summed E-state index contributed by atoms with van der Waals surface area (Å²) < 4.78 is 10.8. The van der Waals surface area contributed by atoms with Crippen molar-refractivity contribution in [2.45, 2.75) is 13.8 Å². The lowest BCUT2D eigenvalue weighted by Crippen LogP contribution is -1.98. The summed E-state index contributed by atoms with van der Waals surface area (Å²) in [6.07, 6.45) is 3.13. The van der Waals surface area contributed by atoms with Crippen molar-refractivity contribution < 1.29 is 9.47 Å². The Labute approximate surface area is 99.5 Å². The Morgan fingerprint density at radius 3 is 2.53 bits per heavy atom. The van der Waals surface area contributed by atoms with Gasteiger partial charge in [0, 0.05) is 6.20 Å². The maximum absolute atomic E-state index is 5.69. The second-order valence-corrected chi connectivity index (χ2v) is 3.50. The Hall–Kier alpha value is -2.17. The molecular weight excluding hydrogens is 218 g/mol. The SMILES string of the molecule is COc1ncnc(Oc2cccnc2C)c1C. The van der Waals surface area contributed by atoms with E-state index in [1.807, 2.05) is 26.0 Å². The third-order valence-electron chi connectivity index (χ3n) is 2.35. The average Bonchev–Trinajstić information content (AvgIpc) is 2.34. The van der Waals surface area contributed by atoms with Crippen LogP contribution in [0.3, 0.4) is 0 Å². The molecule has 5 heteroatoms. The Morgan fingerprint density at radius 2 is 1.82 bits per heavy atom. The minimum atomic E-state index is 0.480. The van der Waals surface area contributed by atoms with Gasteiger partial charge in [-0.15, -0.1) is 0 Å². The van der Waals surface area contributed by atoms with Crippen LogP contribution in [0.25, 0.3) is 0 Å². The van der Waals surface area contributed by atoms with Crippen LogP contribution in [0.5, 0.6) is 17.5 Å². The zero-order chi connectivity index (χ0) is 12.3. The Bertz CT molecular complexity index is 529. The van der Waals surface area contributed by atoms with E-state index in [1.165, 1.54) is 6.33 Å². The number of methoxy groups -OCH3 is 1. The molecule has 0 unspecified atom stereocenters. The van der Waals surface area contributed by atoms with Crippen molar-refractivity contribution in [2.75, 3.05) is 7.11 Å². The summed E-state index contributed by atoms with van der Waals surface area (Å²) >= 11 is 0. The standard InChI is InChI=1S/C12H13N3O2/c1-8-11(16-3)14-7-15-12(8)17-10-5-4-6-13-9(10)2/h4-7H,1-3H3. The predicted molar refractivity (Wildman–Crippen MR) is 62.4 cm³/mol. The summed E-state index contributed by atoms with van der Waals surface area (Å²) in [5.74, 6) is 1.67. The second-order valence-electron chi connectivity index (χ2n) is 3.50. The molecule has 2 aromatic heterocycles. The minimum absolute atomic E-state index is 0.480. The molecule has 0 bridgehead atoms. The Morgan fingerprint density at radius 1 is 1.06 bits per heavy atom. The van der Waals surface area contributed by atoms with Gasteiger partial charge in [0.25, 0.3) is 0 Å². The molecular formula is C12H13N3O2. The van der Waals surface area contributed by atoms with Gasteiger partial charge >= 0.3 is 0 Å². The van der Waals surface area contributed by atoms with Gasteiger partial charge < -0.3 is 9.47 Å². The lowest BCUT2D eigenvalue weighted by molar-refractivity contribution is 0.382. The molecule has 0 atom stereocenters. The van der Waals surface area contributed by atoms with Gasteiger partial charge in [0.2, 0.25) is 11.8 Å². The van der Waals surface area contributed by atoms with Gasteiger partial charge in [0.05, 0.1) is 18.4 Å². The topological polar surface area (TPSA) is 57.1 Å². The number of hydrogen-bond donors (Lipinski definition) is 0. The highest BCUT2D eigenvalue weighted by Gasteiger charge is 2.10. The molecule has 2 heterocycles. The van der Waals surface area contributed by atoms with Crippen molar-refractivity contribution in [3.05, 3.63) is 35.9 Å². The van der Waals surface area contributed by atoms with E-state index >= 15 is 0 Å². The van der Waals surface area contributed by atoms with Crippen LogP contribution in [0.1, 0.15) is 11.3 Å². The van der Waals surface area contributed by atoms with E-state index in [9.17, 15) is 0 Å². The molecule has 2 aromatic rings. The van der Waals surface area contributed by atoms with Gasteiger partial charge in [-0.25, -0.2) is 9.97 Å². The molecule has 0 N–H and O–H groups in total. The van der Waals surface area contributed by atoms with E-state index in [0.29, 0.717) is 17.5 Å². The van der Waals surface area contributed by atoms with Crippen molar-refractivity contribution in [1.29, 1.82) is 0 Å². The molecule has 0 aliphatic rings. The molecule has 0 fully saturated rings. The van der Waals surface area contributed by atoms with E-state index in [0.717, 1.165) is 11.3 Å². The highest BCUT2D eigenvalue weighted by atomic mass is 16.5. The van der Waals surface area contributed by atoms with Crippen LogP contribution in [0, 0.1) is 13.8 Å². The molecule has 0 saturated heterocycles. The van der Waals surface area contributed by atoms with E-state index in [4.69, 9.17) is 9.47 Å². The highest BCUT2D eigenvalue weighted by Crippen LogP contribution is 2.27. The van der Waals surface area contributed by atoms with Gasteiger partial charge in [-0.1, -0.05) is 0 Å². The predicted octanol–water partition coefficient (Wildman–Crippen LogP) is 2.29. The summed E-state index contributed by atoms with van der Waals surface area (Å²) in [5.41, 5.74) is 1.57. The molecule has 0 spiro atoms. The Balaban J connectivity index is 2.34. The van der Waals surface area contributed by atoms with Gasteiger partial charge in [0.1, 0.15) is 6.33 Å². The van der Waals surface area contributed by atoms with Gasteiger partial charge in [-0.05, 0) is 26.0 Å². The third-order valence-corrected chi connectivity index (χ3v) is 2.35. The van der Waals surface area contributed by atoms with Crippen molar-refractivity contribution in [3.63, 3.8) is 0 Å². The normalized spacial score (nSPS) is 10.1. The van der Waals surface area contributed by atoms with Crippen molar-refractivity contribution >= 4 is 0 Å². The molecule has 0 aromatic carbocycles. The zero-order valence-electron chi connectivity index (χ0n) is 9.97. The molecule has 5 nitrogen and oxygen atoms in total. The molecule has 0 saturated carbocycles. The largest absolute Gasteiger partial charge is 0.481 e. The van der Waals surface area contributed by atoms with Crippen LogP contribution in [-0.2, 0) is 0 Å². The lowest BCUT2D eigenvalue weighted by atomic mass is 10.3. The number of aryl methyl sites for hydroxylation is 1.